The van der Waals surface area contributed by atoms with Crippen molar-refractivity contribution in [2.45, 2.75) is 31.6 Å². The zero-order valence-electron chi connectivity index (χ0n) is 10.9. The first kappa shape index (κ1) is 13.4. The largest absolute Gasteiger partial charge is 0.385 e. The average Bonchev–Trinajstić information content (AvgIpc) is 2.39. The van der Waals surface area contributed by atoms with E-state index in [0.29, 0.717) is 18.0 Å². The Hall–Kier alpha value is -1.07. The Morgan fingerprint density at radius 2 is 2.00 bits per heavy atom. The van der Waals surface area contributed by atoms with Crippen molar-refractivity contribution in [2.75, 3.05) is 25.0 Å². The van der Waals surface area contributed by atoms with Crippen LogP contribution >= 0.6 is 0 Å². The van der Waals surface area contributed by atoms with Crippen molar-refractivity contribution in [3.8, 4) is 0 Å². The molecule has 1 aliphatic rings. The van der Waals surface area contributed by atoms with Crippen molar-refractivity contribution in [2.24, 2.45) is 0 Å². The molecule has 1 heterocycles. The molecule has 0 aliphatic carbocycles. The van der Waals surface area contributed by atoms with Crippen LogP contribution in [0.15, 0.2) is 23.1 Å². The molecular formula is C13H20N2O2S. The van der Waals surface area contributed by atoms with Gasteiger partial charge in [-0.05, 0) is 30.5 Å². The second-order valence-corrected chi connectivity index (χ2v) is 6.38. The van der Waals surface area contributed by atoms with Crippen LogP contribution in [0, 0.1) is 0 Å². The Labute approximate surface area is 109 Å². The van der Waals surface area contributed by atoms with Crippen molar-refractivity contribution in [1.29, 1.82) is 0 Å². The maximum absolute atomic E-state index is 12.4. The van der Waals surface area contributed by atoms with Gasteiger partial charge in [0.1, 0.15) is 0 Å². The van der Waals surface area contributed by atoms with E-state index in [1.165, 1.54) is 9.87 Å². The van der Waals surface area contributed by atoms with Crippen LogP contribution in [-0.2, 0) is 16.4 Å². The first-order valence-corrected chi connectivity index (χ1v) is 7.90. The van der Waals surface area contributed by atoms with Gasteiger partial charge in [-0.25, -0.2) is 8.42 Å². The van der Waals surface area contributed by atoms with Gasteiger partial charge in [0.25, 0.3) is 0 Å². The minimum absolute atomic E-state index is 0.388. The fraction of sp³-hybridized carbons (Fsp3) is 0.538. The molecule has 1 aliphatic heterocycles. The lowest BCUT2D eigenvalue weighted by molar-refractivity contribution is 0.445. The SMILES string of the molecule is CCN(CC)S(=O)(=O)c1ccc2c(c1)NCCC2. The normalized spacial score (nSPS) is 15.3. The summed E-state index contributed by atoms with van der Waals surface area (Å²) in [5, 5.41) is 3.27. The molecule has 0 saturated heterocycles. The van der Waals surface area contributed by atoms with Crippen LogP contribution in [-0.4, -0.2) is 32.4 Å². The molecule has 100 valence electrons. The standard InChI is InChI=1S/C13H20N2O2S/c1-3-15(4-2)18(16,17)12-8-7-11-6-5-9-14-13(11)10-12/h7-8,10,14H,3-6,9H2,1-2H3. The minimum atomic E-state index is -3.34. The van der Waals surface area contributed by atoms with E-state index in [4.69, 9.17) is 0 Å². The number of sulfonamides is 1. The van der Waals surface area contributed by atoms with E-state index in [0.717, 1.165) is 25.1 Å². The number of anilines is 1. The molecule has 0 bridgehead atoms. The molecule has 0 aromatic heterocycles. The Balaban J connectivity index is 2.39. The molecule has 2 rings (SSSR count). The van der Waals surface area contributed by atoms with Crippen LogP contribution in [0.3, 0.4) is 0 Å². The fourth-order valence-electron chi connectivity index (χ4n) is 2.31. The molecular weight excluding hydrogens is 248 g/mol. The van der Waals surface area contributed by atoms with Crippen LogP contribution in [0.25, 0.3) is 0 Å². The molecule has 18 heavy (non-hydrogen) atoms. The zero-order chi connectivity index (χ0) is 13.2. The lowest BCUT2D eigenvalue weighted by Gasteiger charge is -2.22. The second-order valence-electron chi connectivity index (χ2n) is 4.44. The highest BCUT2D eigenvalue weighted by molar-refractivity contribution is 7.89. The van der Waals surface area contributed by atoms with Crippen molar-refractivity contribution in [1.82, 2.24) is 4.31 Å². The number of hydrogen-bond acceptors (Lipinski definition) is 3. The van der Waals surface area contributed by atoms with Crippen LogP contribution in [0.2, 0.25) is 0 Å². The van der Waals surface area contributed by atoms with Crippen molar-refractivity contribution in [3.63, 3.8) is 0 Å². The Morgan fingerprint density at radius 3 is 2.67 bits per heavy atom. The van der Waals surface area contributed by atoms with Crippen molar-refractivity contribution in [3.05, 3.63) is 23.8 Å². The first-order chi connectivity index (χ1) is 8.59. The van der Waals surface area contributed by atoms with E-state index in [2.05, 4.69) is 5.32 Å². The zero-order valence-corrected chi connectivity index (χ0v) is 11.8. The lowest BCUT2D eigenvalue weighted by atomic mass is 10.0. The predicted molar refractivity (Wildman–Crippen MR) is 73.4 cm³/mol. The number of nitrogens with one attached hydrogen (secondary N) is 1. The number of aryl methyl sites for hydroxylation is 1. The third-order valence-electron chi connectivity index (χ3n) is 3.36. The van der Waals surface area contributed by atoms with E-state index in [1.54, 1.807) is 12.1 Å². The number of rotatable bonds is 4. The molecule has 0 fully saturated rings. The van der Waals surface area contributed by atoms with Gasteiger partial charge in [-0.1, -0.05) is 19.9 Å². The van der Waals surface area contributed by atoms with Gasteiger partial charge in [-0.3, -0.25) is 0 Å². The van der Waals surface area contributed by atoms with Gasteiger partial charge in [0, 0.05) is 25.3 Å². The monoisotopic (exact) mass is 268 g/mol. The Bertz CT molecular complexity index is 522. The molecule has 0 spiro atoms. The van der Waals surface area contributed by atoms with E-state index in [1.807, 2.05) is 19.9 Å². The Kier molecular flexibility index (Phi) is 3.92. The van der Waals surface area contributed by atoms with Gasteiger partial charge in [0.15, 0.2) is 0 Å². The van der Waals surface area contributed by atoms with Gasteiger partial charge < -0.3 is 5.32 Å². The molecule has 4 nitrogen and oxygen atoms in total. The number of fused-ring (bicyclic) bond motifs is 1. The first-order valence-electron chi connectivity index (χ1n) is 6.46. The van der Waals surface area contributed by atoms with Crippen LogP contribution in [0.4, 0.5) is 5.69 Å². The molecule has 0 atom stereocenters. The minimum Gasteiger partial charge on any atom is -0.385 e. The molecule has 1 aromatic carbocycles. The van der Waals surface area contributed by atoms with Gasteiger partial charge in [0.05, 0.1) is 4.90 Å². The van der Waals surface area contributed by atoms with Crippen LogP contribution < -0.4 is 5.32 Å². The summed E-state index contributed by atoms with van der Waals surface area (Å²) >= 11 is 0. The molecule has 0 unspecified atom stereocenters. The van der Waals surface area contributed by atoms with E-state index in [-0.39, 0.29) is 0 Å². The summed E-state index contributed by atoms with van der Waals surface area (Å²) in [6, 6.07) is 5.42. The summed E-state index contributed by atoms with van der Waals surface area (Å²) in [6.45, 7) is 5.64. The van der Waals surface area contributed by atoms with Gasteiger partial charge in [-0.15, -0.1) is 0 Å². The third kappa shape index (κ3) is 2.37. The maximum Gasteiger partial charge on any atom is 0.243 e. The quantitative estimate of drug-likeness (QED) is 0.909. The summed E-state index contributed by atoms with van der Waals surface area (Å²) in [7, 11) is -3.34. The topological polar surface area (TPSA) is 49.4 Å². The summed E-state index contributed by atoms with van der Waals surface area (Å²) in [4.78, 5) is 0.388. The number of benzene rings is 1. The third-order valence-corrected chi connectivity index (χ3v) is 5.41. The predicted octanol–water partition coefficient (Wildman–Crippen LogP) is 2.08. The van der Waals surface area contributed by atoms with Crippen molar-refractivity contribution < 1.29 is 8.42 Å². The van der Waals surface area contributed by atoms with E-state index < -0.39 is 10.0 Å². The fourth-order valence-corrected chi connectivity index (χ4v) is 3.80. The van der Waals surface area contributed by atoms with Crippen LogP contribution in [0.5, 0.6) is 0 Å². The number of nitrogens with zero attached hydrogens (tertiary/aromatic N) is 1. The van der Waals surface area contributed by atoms with E-state index in [9.17, 15) is 8.42 Å². The van der Waals surface area contributed by atoms with Gasteiger partial charge in [-0.2, -0.15) is 4.31 Å². The Morgan fingerprint density at radius 1 is 1.28 bits per heavy atom. The molecule has 0 radical (unpaired) electrons. The lowest BCUT2D eigenvalue weighted by Crippen LogP contribution is -2.30. The highest BCUT2D eigenvalue weighted by atomic mass is 32.2. The molecule has 0 amide bonds. The molecule has 1 N–H and O–H groups in total. The smallest absolute Gasteiger partial charge is 0.243 e. The van der Waals surface area contributed by atoms with Crippen LogP contribution in [0.1, 0.15) is 25.8 Å². The summed E-state index contributed by atoms with van der Waals surface area (Å²) in [6.07, 6.45) is 2.13. The van der Waals surface area contributed by atoms with Crippen molar-refractivity contribution >= 4 is 15.7 Å². The highest BCUT2D eigenvalue weighted by Gasteiger charge is 2.22. The molecule has 1 aromatic rings. The van der Waals surface area contributed by atoms with E-state index >= 15 is 0 Å². The maximum atomic E-state index is 12.4. The van der Waals surface area contributed by atoms with Gasteiger partial charge in [0.2, 0.25) is 10.0 Å². The van der Waals surface area contributed by atoms with Gasteiger partial charge >= 0.3 is 0 Å². The summed E-state index contributed by atoms with van der Waals surface area (Å²) < 4.78 is 26.2. The highest BCUT2D eigenvalue weighted by Crippen LogP contribution is 2.26. The second kappa shape index (κ2) is 5.28. The molecule has 5 heteroatoms. The summed E-state index contributed by atoms with van der Waals surface area (Å²) in [5.74, 6) is 0. The average molecular weight is 268 g/mol. The summed E-state index contributed by atoms with van der Waals surface area (Å²) in [5.41, 5.74) is 2.18. The molecule has 0 saturated carbocycles. The number of hydrogen-bond donors (Lipinski definition) is 1.